The number of anilines is 1. The summed E-state index contributed by atoms with van der Waals surface area (Å²) in [7, 11) is 0. The van der Waals surface area contributed by atoms with Gasteiger partial charge in [-0.15, -0.1) is 22.7 Å². The van der Waals surface area contributed by atoms with Crippen molar-refractivity contribution < 1.29 is 19.1 Å². The Morgan fingerprint density at radius 1 is 1.02 bits per heavy atom. The largest absolute Gasteiger partial charge is 0.494 e. The van der Waals surface area contributed by atoms with Gasteiger partial charge in [0.2, 0.25) is 5.91 Å². The average Bonchev–Trinajstić information content (AvgIpc) is 3.59. The quantitative estimate of drug-likeness (QED) is 0.193. The predicted octanol–water partition coefficient (Wildman–Crippen LogP) is 6.46. The number of carbonyl (C=O) groups excluding carboxylic acids is 2. The van der Waals surface area contributed by atoms with Gasteiger partial charge in [-0.3, -0.25) is 14.2 Å². The molecule has 0 aliphatic heterocycles. The van der Waals surface area contributed by atoms with E-state index in [1.165, 1.54) is 33.6 Å². The van der Waals surface area contributed by atoms with Crippen LogP contribution < -0.4 is 15.6 Å². The van der Waals surface area contributed by atoms with Crippen LogP contribution in [0.15, 0.2) is 77.2 Å². The van der Waals surface area contributed by atoms with Crippen LogP contribution in [0.3, 0.4) is 0 Å². The van der Waals surface area contributed by atoms with E-state index in [9.17, 15) is 14.4 Å². The number of ether oxygens (including phenoxy) is 2. The predicted molar refractivity (Wildman–Crippen MR) is 159 cm³/mol. The number of aromatic nitrogens is 2. The summed E-state index contributed by atoms with van der Waals surface area (Å²) in [6.07, 6.45) is 2.29. The van der Waals surface area contributed by atoms with Gasteiger partial charge in [0.1, 0.15) is 22.1 Å². The molecule has 5 aromatic rings. The van der Waals surface area contributed by atoms with Gasteiger partial charge < -0.3 is 14.8 Å². The summed E-state index contributed by atoms with van der Waals surface area (Å²) in [4.78, 5) is 45.1. The van der Waals surface area contributed by atoms with E-state index in [0.29, 0.717) is 21.8 Å². The highest BCUT2D eigenvalue weighted by atomic mass is 32.1. The van der Waals surface area contributed by atoms with Crippen molar-refractivity contribution >= 4 is 49.8 Å². The van der Waals surface area contributed by atoms with E-state index in [-0.39, 0.29) is 24.3 Å². The molecule has 1 amide bonds. The smallest absolute Gasteiger partial charge is 0.341 e. The standard InChI is InChI=1S/C30H27N3O5S2/c1-3-14-38-21-12-10-19(11-13-21)23-17-39-28-26(23)29(35)33(18-31-28)16-25(34)32-27-22(30(36)37-4-2)15-24(40-27)20-8-6-5-7-9-20/h5-13,15,17-18H,3-4,14,16H2,1-2H3,(H,32,34). The van der Waals surface area contributed by atoms with Crippen molar-refractivity contribution in [1.29, 1.82) is 0 Å². The van der Waals surface area contributed by atoms with Gasteiger partial charge in [0, 0.05) is 15.8 Å². The van der Waals surface area contributed by atoms with E-state index in [0.717, 1.165) is 33.7 Å². The van der Waals surface area contributed by atoms with Crippen LogP contribution in [-0.2, 0) is 16.1 Å². The fraction of sp³-hybridized carbons (Fsp3) is 0.200. The van der Waals surface area contributed by atoms with Crippen molar-refractivity contribution in [3.05, 3.63) is 88.3 Å². The van der Waals surface area contributed by atoms with Crippen LogP contribution >= 0.6 is 22.7 Å². The Kier molecular flexibility index (Phi) is 8.37. The average molecular weight is 574 g/mol. The highest BCUT2D eigenvalue weighted by Crippen LogP contribution is 2.36. The molecule has 0 aliphatic rings. The van der Waals surface area contributed by atoms with Crippen molar-refractivity contribution in [2.45, 2.75) is 26.8 Å². The summed E-state index contributed by atoms with van der Waals surface area (Å²) in [6.45, 7) is 4.36. The fourth-order valence-electron chi connectivity index (χ4n) is 4.15. The Bertz CT molecular complexity index is 1710. The number of carbonyl (C=O) groups is 2. The van der Waals surface area contributed by atoms with E-state index in [1.807, 2.05) is 66.9 Å². The number of nitrogens with one attached hydrogen (secondary N) is 1. The monoisotopic (exact) mass is 573 g/mol. The van der Waals surface area contributed by atoms with E-state index in [1.54, 1.807) is 13.0 Å². The summed E-state index contributed by atoms with van der Waals surface area (Å²) < 4.78 is 12.1. The first-order valence-corrected chi connectivity index (χ1v) is 14.5. The third-order valence-electron chi connectivity index (χ3n) is 6.05. The molecule has 40 heavy (non-hydrogen) atoms. The van der Waals surface area contributed by atoms with Gasteiger partial charge in [0.25, 0.3) is 5.56 Å². The molecule has 8 nitrogen and oxygen atoms in total. The molecule has 0 unspecified atom stereocenters. The van der Waals surface area contributed by atoms with E-state index in [2.05, 4.69) is 10.3 Å². The second kappa shape index (κ2) is 12.3. The summed E-state index contributed by atoms with van der Waals surface area (Å²) in [5, 5.41) is 5.53. The number of hydrogen-bond donors (Lipinski definition) is 1. The van der Waals surface area contributed by atoms with Crippen LogP contribution in [0.25, 0.3) is 31.8 Å². The van der Waals surface area contributed by atoms with Gasteiger partial charge >= 0.3 is 5.97 Å². The zero-order chi connectivity index (χ0) is 28.1. The second-order valence-electron chi connectivity index (χ2n) is 8.87. The van der Waals surface area contributed by atoms with Crippen molar-refractivity contribution in [2.75, 3.05) is 18.5 Å². The molecule has 0 aliphatic carbocycles. The number of hydrogen-bond acceptors (Lipinski definition) is 8. The van der Waals surface area contributed by atoms with Crippen LogP contribution in [0.4, 0.5) is 5.00 Å². The summed E-state index contributed by atoms with van der Waals surface area (Å²) in [5.41, 5.74) is 2.49. The number of esters is 1. The maximum absolute atomic E-state index is 13.5. The molecule has 2 aromatic carbocycles. The van der Waals surface area contributed by atoms with E-state index in [4.69, 9.17) is 9.47 Å². The van der Waals surface area contributed by atoms with Crippen molar-refractivity contribution in [3.8, 4) is 27.3 Å². The highest BCUT2D eigenvalue weighted by molar-refractivity contribution is 7.20. The molecular formula is C30H27N3O5S2. The highest BCUT2D eigenvalue weighted by Gasteiger charge is 2.21. The molecule has 0 saturated heterocycles. The number of fused-ring (bicyclic) bond motifs is 1. The lowest BCUT2D eigenvalue weighted by Crippen LogP contribution is -2.28. The number of rotatable bonds is 10. The molecule has 3 aromatic heterocycles. The zero-order valence-corrected chi connectivity index (χ0v) is 23.6. The SMILES string of the molecule is CCCOc1ccc(-c2csc3ncn(CC(=O)Nc4sc(-c5ccccc5)cc4C(=O)OCC)c(=O)c23)cc1. The molecule has 204 valence electrons. The summed E-state index contributed by atoms with van der Waals surface area (Å²) in [6, 6.07) is 18.9. The zero-order valence-electron chi connectivity index (χ0n) is 22.0. The summed E-state index contributed by atoms with van der Waals surface area (Å²) in [5.74, 6) is -0.210. The maximum Gasteiger partial charge on any atom is 0.341 e. The third kappa shape index (κ3) is 5.83. The number of nitrogens with zero attached hydrogens (tertiary/aromatic N) is 2. The number of amides is 1. The lowest BCUT2D eigenvalue weighted by molar-refractivity contribution is -0.116. The first-order chi connectivity index (χ1) is 19.5. The molecule has 0 fully saturated rings. The van der Waals surface area contributed by atoms with Crippen LogP contribution in [0, 0.1) is 0 Å². The molecule has 0 atom stereocenters. The Hall–Kier alpha value is -4.28. The minimum atomic E-state index is -0.523. The molecule has 10 heteroatoms. The van der Waals surface area contributed by atoms with Crippen molar-refractivity contribution in [1.82, 2.24) is 9.55 Å². The van der Waals surface area contributed by atoms with Crippen LogP contribution in [0.2, 0.25) is 0 Å². The van der Waals surface area contributed by atoms with Crippen LogP contribution in [0.1, 0.15) is 30.6 Å². The summed E-state index contributed by atoms with van der Waals surface area (Å²) >= 11 is 2.65. The van der Waals surface area contributed by atoms with Gasteiger partial charge in [-0.2, -0.15) is 0 Å². The molecule has 0 saturated carbocycles. The molecule has 0 bridgehead atoms. The second-order valence-corrected chi connectivity index (χ2v) is 10.8. The molecule has 3 heterocycles. The van der Waals surface area contributed by atoms with Gasteiger partial charge in [-0.25, -0.2) is 9.78 Å². The Labute approximate surface area is 238 Å². The number of benzene rings is 2. The minimum Gasteiger partial charge on any atom is -0.494 e. The van der Waals surface area contributed by atoms with Crippen LogP contribution in [0.5, 0.6) is 5.75 Å². The van der Waals surface area contributed by atoms with Crippen molar-refractivity contribution in [2.24, 2.45) is 0 Å². The first-order valence-electron chi connectivity index (χ1n) is 12.8. The Morgan fingerprint density at radius 3 is 2.52 bits per heavy atom. The first kappa shape index (κ1) is 27.3. The molecular weight excluding hydrogens is 546 g/mol. The molecule has 5 rings (SSSR count). The van der Waals surface area contributed by atoms with Gasteiger partial charge in [-0.1, -0.05) is 49.4 Å². The van der Waals surface area contributed by atoms with Crippen molar-refractivity contribution in [3.63, 3.8) is 0 Å². The van der Waals surface area contributed by atoms with E-state index >= 15 is 0 Å². The lowest BCUT2D eigenvalue weighted by atomic mass is 10.1. The van der Waals surface area contributed by atoms with Gasteiger partial charge in [-0.05, 0) is 42.7 Å². The molecule has 1 N–H and O–H groups in total. The van der Waals surface area contributed by atoms with E-state index < -0.39 is 11.9 Å². The van der Waals surface area contributed by atoms with Gasteiger partial charge in [0.05, 0.1) is 30.5 Å². The van der Waals surface area contributed by atoms with Crippen LogP contribution in [-0.4, -0.2) is 34.6 Å². The normalized spacial score (nSPS) is 10.9. The number of thiophene rings is 2. The Morgan fingerprint density at radius 2 is 1.80 bits per heavy atom. The molecule has 0 spiro atoms. The molecule has 0 radical (unpaired) electrons. The van der Waals surface area contributed by atoms with Gasteiger partial charge in [0.15, 0.2) is 0 Å². The maximum atomic E-state index is 13.5. The fourth-order valence-corrected chi connectivity index (χ4v) is 6.13. The lowest BCUT2D eigenvalue weighted by Gasteiger charge is -2.09. The minimum absolute atomic E-state index is 0.210. The topological polar surface area (TPSA) is 99.5 Å². The Balaban J connectivity index is 1.40. The third-order valence-corrected chi connectivity index (χ3v) is 8.04.